The summed E-state index contributed by atoms with van der Waals surface area (Å²) in [5.74, 6) is -1.56. The molecule has 0 amide bonds. The number of carbonyl (C=O) groups is 1. The third-order valence-corrected chi connectivity index (χ3v) is 3.91. The molecule has 8 heteroatoms. The SMILES string of the molecule is Cc1ccccc1/C=N\Nc1c(Cl)c(Cl)nc(C(=O)[O-])c1Cl. The van der Waals surface area contributed by atoms with Crippen LogP contribution in [0, 0.1) is 6.92 Å². The Morgan fingerprint density at radius 2 is 1.95 bits per heavy atom. The first kappa shape index (κ1) is 16.5. The predicted molar refractivity (Wildman–Crippen MR) is 86.0 cm³/mol. The number of anilines is 1. The van der Waals surface area contributed by atoms with E-state index in [-0.39, 0.29) is 20.9 Å². The van der Waals surface area contributed by atoms with E-state index in [0.29, 0.717) is 0 Å². The van der Waals surface area contributed by atoms with Gasteiger partial charge in [-0.3, -0.25) is 5.43 Å². The number of nitrogens with one attached hydrogen (secondary N) is 1. The van der Waals surface area contributed by atoms with Crippen LogP contribution in [0.25, 0.3) is 0 Å². The van der Waals surface area contributed by atoms with Gasteiger partial charge in [-0.1, -0.05) is 59.1 Å². The number of aromatic nitrogens is 1. The molecule has 0 saturated heterocycles. The maximum atomic E-state index is 11.0. The molecule has 1 heterocycles. The number of hydrogen-bond acceptors (Lipinski definition) is 5. The fourth-order valence-corrected chi connectivity index (χ4v) is 2.31. The third-order valence-electron chi connectivity index (χ3n) is 2.80. The maximum absolute atomic E-state index is 11.0. The van der Waals surface area contributed by atoms with Crippen LogP contribution in [0.4, 0.5) is 5.69 Å². The Kier molecular flexibility index (Phi) is 5.24. The van der Waals surface area contributed by atoms with Gasteiger partial charge in [-0.2, -0.15) is 5.10 Å². The molecule has 0 atom stereocenters. The lowest BCUT2D eigenvalue weighted by molar-refractivity contribution is -0.255. The zero-order valence-electron chi connectivity index (χ0n) is 11.2. The molecule has 2 aromatic rings. The van der Waals surface area contributed by atoms with Crippen LogP contribution in [-0.2, 0) is 0 Å². The van der Waals surface area contributed by atoms with Gasteiger partial charge in [0.2, 0.25) is 0 Å². The summed E-state index contributed by atoms with van der Waals surface area (Å²) in [4.78, 5) is 14.5. The highest BCUT2D eigenvalue weighted by Gasteiger charge is 2.16. The molecule has 1 N–H and O–H groups in total. The van der Waals surface area contributed by atoms with Crippen LogP contribution >= 0.6 is 34.8 Å². The molecule has 0 saturated carbocycles. The second-order valence-corrected chi connectivity index (χ2v) is 5.38. The Bertz CT molecular complexity index is 763. The average molecular weight is 358 g/mol. The summed E-state index contributed by atoms with van der Waals surface area (Å²) in [6.07, 6.45) is 1.55. The lowest BCUT2D eigenvalue weighted by Gasteiger charge is -2.12. The van der Waals surface area contributed by atoms with E-state index < -0.39 is 11.7 Å². The number of rotatable bonds is 4. The molecule has 0 radical (unpaired) electrons. The Labute approximate surface area is 141 Å². The minimum atomic E-state index is -1.56. The number of pyridine rings is 1. The summed E-state index contributed by atoms with van der Waals surface area (Å²) < 4.78 is 0. The molecular weight excluding hydrogens is 349 g/mol. The second-order valence-electron chi connectivity index (χ2n) is 4.27. The number of aryl methyl sites for hydroxylation is 1. The van der Waals surface area contributed by atoms with Crippen molar-refractivity contribution in [2.24, 2.45) is 5.10 Å². The van der Waals surface area contributed by atoms with E-state index in [9.17, 15) is 9.90 Å². The number of carbonyl (C=O) groups excluding carboxylic acids is 1. The molecule has 0 bridgehead atoms. The number of benzene rings is 1. The molecule has 5 nitrogen and oxygen atoms in total. The van der Waals surface area contributed by atoms with Crippen molar-refractivity contribution in [1.82, 2.24) is 4.98 Å². The number of aromatic carboxylic acids is 1. The van der Waals surface area contributed by atoms with Gasteiger partial charge in [0, 0.05) is 0 Å². The molecule has 22 heavy (non-hydrogen) atoms. The fourth-order valence-electron chi connectivity index (χ4n) is 1.65. The Hall–Kier alpha value is -1.82. The first-order valence-corrected chi connectivity index (χ1v) is 7.15. The second kappa shape index (κ2) is 6.96. The van der Waals surface area contributed by atoms with E-state index in [1.807, 2.05) is 31.2 Å². The van der Waals surface area contributed by atoms with E-state index >= 15 is 0 Å². The molecule has 0 aliphatic heterocycles. The maximum Gasteiger partial charge on any atom is 0.150 e. The fraction of sp³-hybridized carbons (Fsp3) is 0.0714. The van der Waals surface area contributed by atoms with Crippen LogP contribution in [-0.4, -0.2) is 17.2 Å². The van der Waals surface area contributed by atoms with Gasteiger partial charge in [0.05, 0.1) is 22.9 Å². The van der Waals surface area contributed by atoms with Crippen molar-refractivity contribution in [3.63, 3.8) is 0 Å². The van der Waals surface area contributed by atoms with Gasteiger partial charge in [-0.25, -0.2) is 4.98 Å². The van der Waals surface area contributed by atoms with Gasteiger partial charge >= 0.3 is 0 Å². The molecule has 0 spiro atoms. The van der Waals surface area contributed by atoms with Crippen molar-refractivity contribution in [2.75, 3.05) is 5.43 Å². The summed E-state index contributed by atoms with van der Waals surface area (Å²) >= 11 is 17.7. The van der Waals surface area contributed by atoms with Gasteiger partial charge in [0.25, 0.3) is 0 Å². The predicted octanol–water partition coefficient (Wildman–Crippen LogP) is 3.16. The standard InChI is InChI=1S/C14H10Cl3N3O2/c1-7-4-2-3-5-8(7)6-18-20-11-9(15)12(14(21)22)19-13(17)10(11)16/h2-6H,1H3,(H,19,20)(H,21,22)/p-1/b18-6-. The number of nitrogens with zero attached hydrogens (tertiary/aromatic N) is 2. The number of halogens is 3. The van der Waals surface area contributed by atoms with Crippen molar-refractivity contribution in [3.05, 3.63) is 56.3 Å². The van der Waals surface area contributed by atoms with Crippen molar-refractivity contribution in [3.8, 4) is 0 Å². The zero-order valence-corrected chi connectivity index (χ0v) is 13.5. The van der Waals surface area contributed by atoms with Crippen molar-refractivity contribution in [2.45, 2.75) is 6.92 Å². The number of carboxylic acids is 1. The van der Waals surface area contributed by atoms with Gasteiger partial charge in [-0.05, 0) is 18.1 Å². The molecule has 0 aliphatic carbocycles. The molecule has 2 rings (SSSR count). The van der Waals surface area contributed by atoms with E-state index in [1.165, 1.54) is 0 Å². The summed E-state index contributed by atoms with van der Waals surface area (Å²) in [6.45, 7) is 1.93. The summed E-state index contributed by atoms with van der Waals surface area (Å²) in [7, 11) is 0. The number of carboxylic acid groups (broad SMARTS) is 1. The first-order chi connectivity index (χ1) is 10.4. The van der Waals surface area contributed by atoms with Crippen LogP contribution in [0.3, 0.4) is 0 Å². The Morgan fingerprint density at radius 1 is 1.27 bits per heavy atom. The molecule has 114 valence electrons. The van der Waals surface area contributed by atoms with Gasteiger partial charge in [0.15, 0.2) is 5.15 Å². The lowest BCUT2D eigenvalue weighted by atomic mass is 10.1. The van der Waals surface area contributed by atoms with E-state index in [2.05, 4.69) is 15.5 Å². The lowest BCUT2D eigenvalue weighted by Crippen LogP contribution is -2.24. The van der Waals surface area contributed by atoms with Crippen molar-refractivity contribution < 1.29 is 9.90 Å². The molecule has 0 aliphatic rings. The number of hydrogen-bond donors (Lipinski definition) is 1. The van der Waals surface area contributed by atoms with Crippen LogP contribution in [0.2, 0.25) is 15.2 Å². The van der Waals surface area contributed by atoms with Crippen LogP contribution in [0.1, 0.15) is 21.6 Å². The number of hydrazone groups is 1. The monoisotopic (exact) mass is 356 g/mol. The molecule has 0 fully saturated rings. The highest BCUT2D eigenvalue weighted by Crippen LogP contribution is 2.36. The van der Waals surface area contributed by atoms with Gasteiger partial charge < -0.3 is 9.90 Å². The van der Waals surface area contributed by atoms with Crippen LogP contribution in [0.5, 0.6) is 0 Å². The normalized spacial score (nSPS) is 10.9. The van der Waals surface area contributed by atoms with Crippen LogP contribution < -0.4 is 10.5 Å². The summed E-state index contributed by atoms with van der Waals surface area (Å²) in [5.41, 5.74) is 4.02. The smallest absolute Gasteiger partial charge is 0.150 e. The van der Waals surface area contributed by atoms with Gasteiger partial charge in [0.1, 0.15) is 10.7 Å². The molecule has 1 aromatic carbocycles. The minimum Gasteiger partial charge on any atom is -0.543 e. The van der Waals surface area contributed by atoms with Crippen LogP contribution in [0.15, 0.2) is 29.4 Å². The average Bonchev–Trinajstić information content (AvgIpc) is 2.48. The van der Waals surface area contributed by atoms with Gasteiger partial charge in [-0.15, -0.1) is 0 Å². The Morgan fingerprint density at radius 3 is 2.59 bits per heavy atom. The summed E-state index contributed by atoms with van der Waals surface area (Å²) in [6, 6.07) is 7.57. The molecule has 0 unspecified atom stereocenters. The third kappa shape index (κ3) is 3.50. The van der Waals surface area contributed by atoms with Crippen molar-refractivity contribution >= 4 is 52.7 Å². The highest BCUT2D eigenvalue weighted by atomic mass is 35.5. The first-order valence-electron chi connectivity index (χ1n) is 6.02. The van der Waals surface area contributed by atoms with Crippen molar-refractivity contribution in [1.29, 1.82) is 0 Å². The quantitative estimate of drug-likeness (QED) is 0.518. The molecule has 1 aromatic heterocycles. The zero-order chi connectivity index (χ0) is 16.3. The molecular formula is C14H9Cl3N3O2-. The van der Waals surface area contributed by atoms with E-state index in [4.69, 9.17) is 34.8 Å². The Balaban J connectivity index is 2.34. The van der Waals surface area contributed by atoms with E-state index in [1.54, 1.807) is 6.21 Å². The largest absolute Gasteiger partial charge is 0.543 e. The summed E-state index contributed by atoms with van der Waals surface area (Å²) in [5, 5.41) is 14.5. The highest BCUT2D eigenvalue weighted by molar-refractivity contribution is 6.46. The minimum absolute atomic E-state index is 0.0291. The topological polar surface area (TPSA) is 77.4 Å². The van der Waals surface area contributed by atoms with E-state index in [0.717, 1.165) is 11.1 Å².